The van der Waals surface area contributed by atoms with E-state index in [2.05, 4.69) is 63.9 Å². The minimum Gasteiger partial charge on any atom is -0.312 e. The summed E-state index contributed by atoms with van der Waals surface area (Å²) in [7, 11) is 2.03. The number of aryl methyl sites for hydroxylation is 1. The lowest BCUT2D eigenvalue weighted by atomic mass is 10.0. The molecule has 0 amide bonds. The van der Waals surface area contributed by atoms with Gasteiger partial charge >= 0.3 is 0 Å². The predicted octanol–water partition coefficient (Wildman–Crippen LogP) is 4.32. The van der Waals surface area contributed by atoms with E-state index < -0.39 is 0 Å². The summed E-state index contributed by atoms with van der Waals surface area (Å²) in [5, 5.41) is 5.57. The van der Waals surface area contributed by atoms with Crippen LogP contribution in [0.15, 0.2) is 40.2 Å². The van der Waals surface area contributed by atoms with Crippen LogP contribution in [0.4, 0.5) is 0 Å². The quantitative estimate of drug-likeness (QED) is 0.886. The zero-order valence-electron chi connectivity index (χ0n) is 10.0. The lowest BCUT2D eigenvalue weighted by molar-refractivity contribution is 0.599. The zero-order valence-corrected chi connectivity index (χ0v) is 12.4. The number of hydrogen-bond acceptors (Lipinski definition) is 2. The van der Waals surface area contributed by atoms with Crippen LogP contribution in [-0.4, -0.2) is 7.05 Å². The minimum absolute atomic E-state index is 0.413. The summed E-state index contributed by atoms with van der Waals surface area (Å²) in [6.07, 6.45) is 1.03. The molecule has 1 unspecified atom stereocenters. The standard InChI is InChI=1S/C14H16BrNS/c1-10-7-8-17-14(10)13(16-2)9-11-3-5-12(15)6-4-11/h3-8,13,16H,9H2,1-2H3. The van der Waals surface area contributed by atoms with Gasteiger partial charge < -0.3 is 5.32 Å². The highest BCUT2D eigenvalue weighted by atomic mass is 79.9. The normalized spacial score (nSPS) is 12.6. The van der Waals surface area contributed by atoms with Gasteiger partial charge in [-0.25, -0.2) is 0 Å². The van der Waals surface area contributed by atoms with E-state index in [1.807, 2.05) is 18.4 Å². The Kier molecular flexibility index (Phi) is 4.37. The maximum absolute atomic E-state index is 3.47. The predicted molar refractivity (Wildman–Crippen MR) is 78.7 cm³/mol. The third-order valence-electron chi connectivity index (χ3n) is 2.92. The molecule has 0 radical (unpaired) electrons. The smallest absolute Gasteiger partial charge is 0.0455 e. The average molecular weight is 310 g/mol. The number of nitrogens with one attached hydrogen (secondary N) is 1. The molecular weight excluding hydrogens is 294 g/mol. The Morgan fingerprint density at radius 1 is 1.24 bits per heavy atom. The zero-order chi connectivity index (χ0) is 12.3. The van der Waals surface area contributed by atoms with Crippen LogP contribution in [0.1, 0.15) is 22.0 Å². The van der Waals surface area contributed by atoms with Crippen LogP contribution in [-0.2, 0) is 6.42 Å². The molecule has 1 heterocycles. The molecule has 0 aliphatic carbocycles. The van der Waals surface area contributed by atoms with Crippen LogP contribution in [0.25, 0.3) is 0 Å². The monoisotopic (exact) mass is 309 g/mol. The fourth-order valence-corrected chi connectivity index (χ4v) is 3.23. The largest absolute Gasteiger partial charge is 0.312 e. The van der Waals surface area contributed by atoms with Crippen LogP contribution >= 0.6 is 27.3 Å². The Morgan fingerprint density at radius 3 is 2.47 bits per heavy atom. The van der Waals surface area contributed by atoms with Gasteiger partial charge in [-0.15, -0.1) is 11.3 Å². The molecule has 2 aromatic rings. The third kappa shape index (κ3) is 3.18. The summed E-state index contributed by atoms with van der Waals surface area (Å²) < 4.78 is 1.13. The maximum Gasteiger partial charge on any atom is 0.0455 e. The summed E-state index contributed by atoms with van der Waals surface area (Å²) in [5.41, 5.74) is 2.74. The minimum atomic E-state index is 0.413. The first kappa shape index (κ1) is 12.8. The molecule has 0 aliphatic rings. The lowest BCUT2D eigenvalue weighted by Crippen LogP contribution is -2.18. The molecule has 90 valence electrons. The average Bonchev–Trinajstić information content (AvgIpc) is 2.75. The molecule has 1 nitrogen and oxygen atoms in total. The number of hydrogen-bond donors (Lipinski definition) is 1. The van der Waals surface area contributed by atoms with E-state index in [-0.39, 0.29) is 0 Å². The van der Waals surface area contributed by atoms with Crippen molar-refractivity contribution in [1.82, 2.24) is 5.32 Å². The van der Waals surface area contributed by atoms with Gasteiger partial charge in [-0.3, -0.25) is 0 Å². The van der Waals surface area contributed by atoms with Crippen molar-refractivity contribution in [2.45, 2.75) is 19.4 Å². The highest BCUT2D eigenvalue weighted by molar-refractivity contribution is 9.10. The molecule has 17 heavy (non-hydrogen) atoms. The van der Waals surface area contributed by atoms with Gasteiger partial charge in [0.15, 0.2) is 0 Å². The number of thiophene rings is 1. The molecule has 3 heteroatoms. The summed E-state index contributed by atoms with van der Waals surface area (Å²) in [6.45, 7) is 2.18. The molecular formula is C14H16BrNS. The molecule has 0 saturated heterocycles. The molecule has 0 spiro atoms. The van der Waals surface area contributed by atoms with Crippen LogP contribution in [0.3, 0.4) is 0 Å². The van der Waals surface area contributed by atoms with E-state index in [1.54, 1.807) is 0 Å². The van der Waals surface area contributed by atoms with E-state index in [4.69, 9.17) is 0 Å². The summed E-state index contributed by atoms with van der Waals surface area (Å²) >= 11 is 5.30. The van der Waals surface area contributed by atoms with E-state index in [1.165, 1.54) is 16.0 Å². The second-order valence-electron chi connectivity index (χ2n) is 4.14. The van der Waals surface area contributed by atoms with Gasteiger partial charge in [0.1, 0.15) is 0 Å². The Labute approximate surface area is 115 Å². The summed E-state index contributed by atoms with van der Waals surface area (Å²) in [4.78, 5) is 1.44. The topological polar surface area (TPSA) is 12.0 Å². The fraction of sp³-hybridized carbons (Fsp3) is 0.286. The van der Waals surface area contributed by atoms with Crippen molar-refractivity contribution in [3.8, 4) is 0 Å². The van der Waals surface area contributed by atoms with E-state index >= 15 is 0 Å². The summed E-state index contributed by atoms with van der Waals surface area (Å²) in [5.74, 6) is 0. The number of likely N-dealkylation sites (N-methyl/N-ethyl adjacent to an activating group) is 1. The van der Waals surface area contributed by atoms with Crippen molar-refractivity contribution in [3.63, 3.8) is 0 Å². The van der Waals surface area contributed by atoms with Crippen molar-refractivity contribution in [3.05, 3.63) is 56.2 Å². The lowest BCUT2D eigenvalue weighted by Gasteiger charge is -2.16. The van der Waals surface area contributed by atoms with Crippen molar-refractivity contribution < 1.29 is 0 Å². The van der Waals surface area contributed by atoms with Crippen molar-refractivity contribution >= 4 is 27.3 Å². The van der Waals surface area contributed by atoms with Gasteiger partial charge in [0.05, 0.1) is 0 Å². The van der Waals surface area contributed by atoms with Gasteiger partial charge in [-0.2, -0.15) is 0 Å². The SMILES string of the molecule is CNC(Cc1ccc(Br)cc1)c1sccc1C. The highest BCUT2D eigenvalue weighted by Crippen LogP contribution is 2.26. The van der Waals surface area contributed by atoms with Crippen molar-refractivity contribution in [2.75, 3.05) is 7.05 Å². The van der Waals surface area contributed by atoms with Crippen LogP contribution < -0.4 is 5.32 Å². The Bertz CT molecular complexity index is 475. The molecule has 1 N–H and O–H groups in total. The van der Waals surface area contributed by atoms with Crippen molar-refractivity contribution in [1.29, 1.82) is 0 Å². The van der Waals surface area contributed by atoms with Crippen molar-refractivity contribution in [2.24, 2.45) is 0 Å². The Hall–Kier alpha value is -0.640. The van der Waals surface area contributed by atoms with Gasteiger partial charge in [-0.05, 0) is 55.1 Å². The number of benzene rings is 1. The van der Waals surface area contributed by atoms with Crippen LogP contribution in [0.2, 0.25) is 0 Å². The van der Waals surface area contributed by atoms with Gasteiger partial charge in [0.2, 0.25) is 0 Å². The first-order valence-electron chi connectivity index (χ1n) is 5.66. The first-order chi connectivity index (χ1) is 8.20. The highest BCUT2D eigenvalue weighted by Gasteiger charge is 2.13. The van der Waals surface area contributed by atoms with E-state index in [0.29, 0.717) is 6.04 Å². The fourth-order valence-electron chi connectivity index (χ4n) is 1.92. The molecule has 1 aromatic carbocycles. The third-order valence-corrected chi connectivity index (χ3v) is 4.58. The Morgan fingerprint density at radius 2 is 1.94 bits per heavy atom. The van der Waals surface area contributed by atoms with Gasteiger partial charge in [0, 0.05) is 15.4 Å². The van der Waals surface area contributed by atoms with Crippen LogP contribution in [0.5, 0.6) is 0 Å². The second kappa shape index (κ2) is 5.80. The molecule has 0 fully saturated rings. The van der Waals surface area contributed by atoms with E-state index in [0.717, 1.165) is 10.9 Å². The maximum atomic E-state index is 3.47. The van der Waals surface area contributed by atoms with Gasteiger partial charge in [0.25, 0.3) is 0 Å². The molecule has 2 rings (SSSR count). The number of rotatable bonds is 4. The van der Waals surface area contributed by atoms with E-state index in [9.17, 15) is 0 Å². The first-order valence-corrected chi connectivity index (χ1v) is 7.33. The molecule has 0 saturated carbocycles. The summed E-state index contributed by atoms with van der Waals surface area (Å²) in [6, 6.07) is 11.2. The van der Waals surface area contributed by atoms with Crippen LogP contribution in [0, 0.1) is 6.92 Å². The second-order valence-corrected chi connectivity index (χ2v) is 6.00. The molecule has 1 aromatic heterocycles. The molecule has 0 aliphatic heterocycles. The molecule has 1 atom stereocenters. The molecule has 0 bridgehead atoms. The van der Waals surface area contributed by atoms with Gasteiger partial charge in [-0.1, -0.05) is 28.1 Å². The Balaban J connectivity index is 2.16. The number of halogens is 1.